The van der Waals surface area contributed by atoms with E-state index in [-0.39, 0.29) is 31.6 Å². The standard InChI is InChI=1S/C11H22N2O6S.ClH/c1-20(16,17)12-6-8-10(11(15)9(7-14)19-8)13-2-4-18-5-3-13;/h8-12,14-15H,2-7H2,1H3;1H/t8-,9+,10+,11-;/m1./s1. The number of aliphatic hydroxyl groups is 2. The second-order valence-corrected chi connectivity index (χ2v) is 6.98. The van der Waals surface area contributed by atoms with Crippen molar-refractivity contribution in [1.29, 1.82) is 0 Å². The number of sulfonamides is 1. The van der Waals surface area contributed by atoms with Crippen LogP contribution in [-0.2, 0) is 19.5 Å². The van der Waals surface area contributed by atoms with Crippen molar-refractivity contribution in [2.75, 3.05) is 45.7 Å². The minimum Gasteiger partial charge on any atom is -0.394 e. The Morgan fingerprint density at radius 2 is 1.90 bits per heavy atom. The molecule has 0 aromatic carbocycles. The highest BCUT2D eigenvalue weighted by Crippen LogP contribution is 2.26. The maximum absolute atomic E-state index is 11.2. The van der Waals surface area contributed by atoms with Gasteiger partial charge in [-0.3, -0.25) is 4.90 Å². The summed E-state index contributed by atoms with van der Waals surface area (Å²) < 4.78 is 35.6. The quantitative estimate of drug-likeness (QED) is 0.517. The first-order chi connectivity index (χ1) is 9.42. The van der Waals surface area contributed by atoms with Gasteiger partial charge in [0.25, 0.3) is 0 Å². The second-order valence-electron chi connectivity index (χ2n) is 5.15. The molecule has 2 aliphatic rings. The van der Waals surface area contributed by atoms with Crippen molar-refractivity contribution in [2.24, 2.45) is 0 Å². The zero-order valence-electron chi connectivity index (χ0n) is 11.8. The summed E-state index contributed by atoms with van der Waals surface area (Å²) in [6, 6.07) is -0.342. The molecule has 21 heavy (non-hydrogen) atoms. The predicted molar refractivity (Wildman–Crippen MR) is 78.0 cm³/mol. The van der Waals surface area contributed by atoms with Crippen molar-refractivity contribution < 1.29 is 28.1 Å². The van der Waals surface area contributed by atoms with Gasteiger partial charge in [0.15, 0.2) is 0 Å². The summed E-state index contributed by atoms with van der Waals surface area (Å²) in [7, 11) is -3.32. The van der Waals surface area contributed by atoms with Gasteiger partial charge in [0.1, 0.15) is 12.2 Å². The number of rotatable bonds is 5. The van der Waals surface area contributed by atoms with Crippen molar-refractivity contribution in [3.63, 3.8) is 0 Å². The maximum atomic E-state index is 11.2. The van der Waals surface area contributed by atoms with Gasteiger partial charge in [0.2, 0.25) is 10.0 Å². The molecule has 0 bridgehead atoms. The second kappa shape index (κ2) is 8.02. The predicted octanol–water partition coefficient (Wildman–Crippen LogP) is -2.22. The first kappa shape index (κ1) is 19.0. The molecule has 2 fully saturated rings. The van der Waals surface area contributed by atoms with Crippen LogP contribution in [0.5, 0.6) is 0 Å². The van der Waals surface area contributed by atoms with Crippen molar-refractivity contribution in [3.05, 3.63) is 0 Å². The fraction of sp³-hybridized carbons (Fsp3) is 1.00. The van der Waals surface area contributed by atoms with E-state index in [1.807, 2.05) is 4.90 Å². The average molecular weight is 347 g/mol. The molecular formula is C11H23ClN2O6S. The summed E-state index contributed by atoms with van der Waals surface area (Å²) >= 11 is 0. The van der Waals surface area contributed by atoms with Crippen molar-refractivity contribution in [2.45, 2.75) is 24.4 Å². The van der Waals surface area contributed by atoms with Crippen LogP contribution in [0.25, 0.3) is 0 Å². The van der Waals surface area contributed by atoms with Gasteiger partial charge < -0.3 is 19.7 Å². The summed E-state index contributed by atoms with van der Waals surface area (Å²) in [5, 5.41) is 19.5. The van der Waals surface area contributed by atoms with Gasteiger partial charge in [-0.15, -0.1) is 12.4 Å². The smallest absolute Gasteiger partial charge is 0.208 e. The van der Waals surface area contributed by atoms with Crippen LogP contribution in [0, 0.1) is 0 Å². The molecule has 0 amide bonds. The zero-order chi connectivity index (χ0) is 14.8. The molecule has 0 radical (unpaired) electrons. The van der Waals surface area contributed by atoms with Gasteiger partial charge in [-0.1, -0.05) is 0 Å². The lowest BCUT2D eigenvalue weighted by atomic mass is 10.0. The number of nitrogens with one attached hydrogen (secondary N) is 1. The van der Waals surface area contributed by atoms with Gasteiger partial charge in [-0.2, -0.15) is 0 Å². The Morgan fingerprint density at radius 1 is 1.29 bits per heavy atom. The van der Waals surface area contributed by atoms with E-state index < -0.39 is 28.3 Å². The number of morpholine rings is 1. The third-order valence-electron chi connectivity index (χ3n) is 3.66. The molecule has 8 nitrogen and oxygen atoms in total. The van der Waals surface area contributed by atoms with E-state index in [0.717, 1.165) is 6.26 Å². The number of nitrogens with zero attached hydrogens (tertiary/aromatic N) is 1. The summed E-state index contributed by atoms with van der Waals surface area (Å²) in [4.78, 5) is 2.03. The Balaban J connectivity index is 0.00000220. The van der Waals surface area contributed by atoms with E-state index in [4.69, 9.17) is 9.47 Å². The molecule has 0 aromatic rings. The molecule has 2 rings (SSSR count). The molecule has 0 spiro atoms. The van der Waals surface area contributed by atoms with Crippen molar-refractivity contribution >= 4 is 22.4 Å². The van der Waals surface area contributed by atoms with E-state index in [1.165, 1.54) is 0 Å². The van der Waals surface area contributed by atoms with Crippen LogP contribution in [0.3, 0.4) is 0 Å². The lowest BCUT2D eigenvalue weighted by Gasteiger charge is -2.36. The summed E-state index contributed by atoms with van der Waals surface area (Å²) in [5.74, 6) is 0. The zero-order valence-corrected chi connectivity index (χ0v) is 13.5. The monoisotopic (exact) mass is 346 g/mol. The molecule has 0 aliphatic carbocycles. The lowest BCUT2D eigenvalue weighted by Crippen LogP contribution is -2.54. The fourth-order valence-electron chi connectivity index (χ4n) is 2.71. The average Bonchev–Trinajstić information content (AvgIpc) is 2.73. The molecule has 0 saturated carbocycles. The number of ether oxygens (including phenoxy) is 2. The van der Waals surface area contributed by atoms with Gasteiger partial charge in [0, 0.05) is 19.6 Å². The van der Waals surface area contributed by atoms with Gasteiger partial charge in [0.05, 0.1) is 38.2 Å². The number of halogens is 1. The minimum atomic E-state index is -3.32. The topological polar surface area (TPSA) is 108 Å². The summed E-state index contributed by atoms with van der Waals surface area (Å²) in [5.41, 5.74) is 0. The molecule has 0 unspecified atom stereocenters. The highest BCUT2D eigenvalue weighted by Gasteiger charge is 2.46. The third kappa shape index (κ3) is 5.00. The van der Waals surface area contributed by atoms with E-state index in [2.05, 4.69) is 4.72 Å². The first-order valence-corrected chi connectivity index (χ1v) is 8.52. The number of hydrogen-bond acceptors (Lipinski definition) is 7. The molecule has 0 aromatic heterocycles. The Kier molecular flexibility index (Phi) is 7.28. The number of aliphatic hydroxyl groups excluding tert-OH is 2. The summed E-state index contributed by atoms with van der Waals surface area (Å²) in [6.07, 6.45) is -0.945. The maximum Gasteiger partial charge on any atom is 0.208 e. The summed E-state index contributed by atoms with van der Waals surface area (Å²) in [6.45, 7) is 2.22. The van der Waals surface area contributed by atoms with Crippen LogP contribution in [-0.4, -0.2) is 93.6 Å². The van der Waals surface area contributed by atoms with Crippen LogP contribution in [0.15, 0.2) is 0 Å². The van der Waals surface area contributed by atoms with Crippen LogP contribution >= 0.6 is 12.4 Å². The van der Waals surface area contributed by atoms with Gasteiger partial charge in [-0.25, -0.2) is 13.1 Å². The highest BCUT2D eigenvalue weighted by molar-refractivity contribution is 7.88. The minimum absolute atomic E-state index is 0. The normalized spacial score (nSPS) is 34.6. The lowest BCUT2D eigenvalue weighted by molar-refractivity contribution is -0.0207. The molecule has 3 N–H and O–H groups in total. The van der Waals surface area contributed by atoms with Crippen LogP contribution in [0.2, 0.25) is 0 Å². The third-order valence-corrected chi connectivity index (χ3v) is 4.35. The molecular weight excluding hydrogens is 324 g/mol. The Labute approximate surface area is 130 Å². The van der Waals surface area contributed by atoms with Crippen LogP contribution in [0.1, 0.15) is 0 Å². The number of hydrogen-bond donors (Lipinski definition) is 3. The van der Waals surface area contributed by atoms with Crippen LogP contribution < -0.4 is 4.72 Å². The molecule has 4 atom stereocenters. The Bertz CT molecular complexity index is 417. The van der Waals surface area contributed by atoms with Gasteiger partial charge >= 0.3 is 0 Å². The highest BCUT2D eigenvalue weighted by atomic mass is 35.5. The molecule has 126 valence electrons. The fourth-order valence-corrected chi connectivity index (χ4v) is 3.17. The largest absolute Gasteiger partial charge is 0.394 e. The molecule has 2 heterocycles. The Morgan fingerprint density at radius 3 is 2.43 bits per heavy atom. The van der Waals surface area contributed by atoms with Crippen molar-refractivity contribution in [3.8, 4) is 0 Å². The van der Waals surface area contributed by atoms with Crippen molar-refractivity contribution in [1.82, 2.24) is 9.62 Å². The molecule has 2 saturated heterocycles. The molecule has 10 heteroatoms. The molecule has 2 aliphatic heterocycles. The van der Waals surface area contributed by atoms with E-state index >= 15 is 0 Å². The van der Waals surface area contributed by atoms with E-state index in [0.29, 0.717) is 26.3 Å². The van der Waals surface area contributed by atoms with E-state index in [1.54, 1.807) is 0 Å². The van der Waals surface area contributed by atoms with Crippen LogP contribution in [0.4, 0.5) is 0 Å². The first-order valence-electron chi connectivity index (χ1n) is 6.63. The van der Waals surface area contributed by atoms with E-state index in [9.17, 15) is 18.6 Å². The Hall–Kier alpha value is -0.0000000000000000555. The SMILES string of the molecule is CS(=O)(=O)NC[C@H]1O[C@@H](CO)[C@@H](O)[C@H]1N1CCOCC1.Cl. The van der Waals surface area contributed by atoms with Gasteiger partial charge in [-0.05, 0) is 0 Å².